The molecule has 3 nitrogen and oxygen atoms in total. The van der Waals surface area contributed by atoms with Crippen LogP contribution in [0.3, 0.4) is 0 Å². The lowest BCUT2D eigenvalue weighted by Crippen LogP contribution is -1.95. The van der Waals surface area contributed by atoms with Crippen molar-refractivity contribution in [2.45, 2.75) is 33.8 Å². The number of nitrogens with one attached hydrogen (secondary N) is 1. The molecule has 1 N–H and O–H groups in total. The molecule has 0 radical (unpaired) electrons. The fraction of sp³-hybridized carbons (Fsp3) is 0.462. The van der Waals surface area contributed by atoms with E-state index in [-0.39, 0.29) is 0 Å². The number of aromatic amines is 1. The van der Waals surface area contributed by atoms with Gasteiger partial charge in [-0.15, -0.1) is 0 Å². The minimum Gasteiger partial charge on any atom is -0.374 e. The van der Waals surface area contributed by atoms with Gasteiger partial charge in [-0.25, -0.2) is 4.98 Å². The molecule has 0 aliphatic heterocycles. The SMILES string of the molecule is CCCOCc1nc2c(C)cc(C)cc2[nH]1. The highest BCUT2D eigenvalue weighted by atomic mass is 16.5. The normalized spacial score (nSPS) is 11.2. The lowest BCUT2D eigenvalue weighted by atomic mass is 10.1. The Kier molecular flexibility index (Phi) is 3.25. The van der Waals surface area contributed by atoms with Crippen molar-refractivity contribution < 1.29 is 4.74 Å². The Morgan fingerprint density at radius 2 is 2.12 bits per heavy atom. The molecule has 16 heavy (non-hydrogen) atoms. The molecule has 2 rings (SSSR count). The summed E-state index contributed by atoms with van der Waals surface area (Å²) in [4.78, 5) is 7.84. The Morgan fingerprint density at radius 1 is 1.31 bits per heavy atom. The number of imidazole rings is 1. The number of aromatic nitrogens is 2. The zero-order valence-corrected chi connectivity index (χ0v) is 10.1. The number of ether oxygens (including phenoxy) is 1. The summed E-state index contributed by atoms with van der Waals surface area (Å²) in [6, 6.07) is 4.28. The molecule has 0 aliphatic carbocycles. The average molecular weight is 218 g/mol. The molecule has 1 heterocycles. The second-order valence-electron chi connectivity index (χ2n) is 4.21. The number of aryl methyl sites for hydroxylation is 2. The maximum absolute atomic E-state index is 5.47. The number of H-pyrrole nitrogens is 1. The predicted molar refractivity (Wildman–Crippen MR) is 65.5 cm³/mol. The number of rotatable bonds is 4. The molecule has 1 aromatic heterocycles. The van der Waals surface area contributed by atoms with Gasteiger partial charge in [0.05, 0.1) is 11.0 Å². The van der Waals surface area contributed by atoms with Crippen LogP contribution in [0.2, 0.25) is 0 Å². The molecule has 86 valence electrons. The van der Waals surface area contributed by atoms with Gasteiger partial charge in [0.15, 0.2) is 0 Å². The highest BCUT2D eigenvalue weighted by Crippen LogP contribution is 2.18. The van der Waals surface area contributed by atoms with Crippen LogP contribution in [0, 0.1) is 13.8 Å². The molecule has 0 aliphatic rings. The van der Waals surface area contributed by atoms with Gasteiger partial charge in [0.2, 0.25) is 0 Å². The minimum absolute atomic E-state index is 0.570. The molecule has 0 bridgehead atoms. The van der Waals surface area contributed by atoms with Crippen LogP contribution in [0.1, 0.15) is 30.3 Å². The van der Waals surface area contributed by atoms with Crippen molar-refractivity contribution in [3.05, 3.63) is 29.1 Å². The highest BCUT2D eigenvalue weighted by Gasteiger charge is 2.05. The van der Waals surface area contributed by atoms with Crippen molar-refractivity contribution in [3.8, 4) is 0 Å². The van der Waals surface area contributed by atoms with Crippen LogP contribution in [0.4, 0.5) is 0 Å². The largest absolute Gasteiger partial charge is 0.374 e. The summed E-state index contributed by atoms with van der Waals surface area (Å²) in [7, 11) is 0. The molecule has 3 heteroatoms. The van der Waals surface area contributed by atoms with Crippen LogP contribution in [0.25, 0.3) is 11.0 Å². The first-order valence-electron chi connectivity index (χ1n) is 5.74. The van der Waals surface area contributed by atoms with Crippen molar-refractivity contribution in [1.29, 1.82) is 0 Å². The number of nitrogens with zero attached hydrogens (tertiary/aromatic N) is 1. The third-order valence-corrected chi connectivity index (χ3v) is 2.56. The van der Waals surface area contributed by atoms with Crippen LogP contribution in [-0.2, 0) is 11.3 Å². The Balaban J connectivity index is 2.26. The maximum atomic E-state index is 5.47. The van der Waals surface area contributed by atoms with Crippen molar-refractivity contribution in [1.82, 2.24) is 9.97 Å². The second kappa shape index (κ2) is 4.66. The second-order valence-corrected chi connectivity index (χ2v) is 4.21. The third-order valence-electron chi connectivity index (χ3n) is 2.56. The van der Waals surface area contributed by atoms with Gasteiger partial charge in [-0.2, -0.15) is 0 Å². The van der Waals surface area contributed by atoms with Gasteiger partial charge in [0.1, 0.15) is 12.4 Å². The quantitative estimate of drug-likeness (QED) is 0.801. The molecule has 0 fully saturated rings. The standard InChI is InChI=1S/C13H18N2O/c1-4-5-16-8-12-14-11-7-9(2)6-10(3)13(11)15-12/h6-7H,4-5,8H2,1-3H3,(H,14,15). The summed E-state index contributed by atoms with van der Waals surface area (Å²) in [6.07, 6.45) is 1.04. The van der Waals surface area contributed by atoms with E-state index in [1.54, 1.807) is 0 Å². The fourth-order valence-electron chi connectivity index (χ4n) is 1.90. The first-order valence-corrected chi connectivity index (χ1v) is 5.74. The van der Waals surface area contributed by atoms with E-state index in [9.17, 15) is 0 Å². The van der Waals surface area contributed by atoms with Crippen molar-refractivity contribution in [2.75, 3.05) is 6.61 Å². The van der Waals surface area contributed by atoms with Gasteiger partial charge in [-0.3, -0.25) is 0 Å². The first kappa shape index (κ1) is 11.1. The topological polar surface area (TPSA) is 37.9 Å². The monoisotopic (exact) mass is 218 g/mol. The third kappa shape index (κ3) is 2.25. The molecule has 0 amide bonds. The zero-order valence-electron chi connectivity index (χ0n) is 10.1. The molecule has 0 spiro atoms. The van der Waals surface area contributed by atoms with E-state index in [0.717, 1.165) is 29.9 Å². The lowest BCUT2D eigenvalue weighted by Gasteiger charge is -1.97. The van der Waals surface area contributed by atoms with Crippen LogP contribution >= 0.6 is 0 Å². The Labute approximate surface area is 95.8 Å². The fourth-order valence-corrected chi connectivity index (χ4v) is 1.90. The van der Waals surface area contributed by atoms with Crippen LogP contribution in [-0.4, -0.2) is 16.6 Å². The minimum atomic E-state index is 0.570. The molecule has 1 aromatic carbocycles. The summed E-state index contributed by atoms with van der Waals surface area (Å²) >= 11 is 0. The Morgan fingerprint density at radius 3 is 2.88 bits per heavy atom. The van der Waals surface area contributed by atoms with Crippen LogP contribution in [0.5, 0.6) is 0 Å². The summed E-state index contributed by atoms with van der Waals surface area (Å²) in [5.41, 5.74) is 4.64. The van der Waals surface area contributed by atoms with Gasteiger partial charge in [-0.05, 0) is 37.5 Å². The molecule has 0 atom stereocenters. The van der Waals surface area contributed by atoms with E-state index in [4.69, 9.17) is 4.74 Å². The van der Waals surface area contributed by atoms with E-state index in [1.807, 2.05) is 0 Å². The van der Waals surface area contributed by atoms with E-state index in [2.05, 4.69) is 42.9 Å². The molecular formula is C13H18N2O. The molecule has 0 saturated heterocycles. The van der Waals surface area contributed by atoms with Gasteiger partial charge in [0, 0.05) is 6.61 Å². The number of benzene rings is 1. The number of hydrogen-bond donors (Lipinski definition) is 1. The molecular weight excluding hydrogens is 200 g/mol. The molecule has 2 aromatic rings. The van der Waals surface area contributed by atoms with E-state index < -0.39 is 0 Å². The van der Waals surface area contributed by atoms with Crippen molar-refractivity contribution in [2.24, 2.45) is 0 Å². The average Bonchev–Trinajstić information content (AvgIpc) is 2.61. The summed E-state index contributed by atoms with van der Waals surface area (Å²) in [5.74, 6) is 0.914. The van der Waals surface area contributed by atoms with Gasteiger partial charge >= 0.3 is 0 Å². The van der Waals surface area contributed by atoms with Crippen molar-refractivity contribution >= 4 is 11.0 Å². The summed E-state index contributed by atoms with van der Waals surface area (Å²) in [6.45, 7) is 7.65. The van der Waals surface area contributed by atoms with E-state index in [0.29, 0.717) is 6.61 Å². The van der Waals surface area contributed by atoms with Gasteiger partial charge in [-0.1, -0.05) is 13.0 Å². The van der Waals surface area contributed by atoms with Gasteiger partial charge in [0.25, 0.3) is 0 Å². The zero-order chi connectivity index (χ0) is 11.5. The maximum Gasteiger partial charge on any atom is 0.133 e. The van der Waals surface area contributed by atoms with Gasteiger partial charge < -0.3 is 9.72 Å². The van der Waals surface area contributed by atoms with E-state index in [1.165, 1.54) is 11.1 Å². The van der Waals surface area contributed by atoms with Crippen LogP contribution < -0.4 is 0 Å². The Bertz CT molecular complexity index is 488. The van der Waals surface area contributed by atoms with E-state index >= 15 is 0 Å². The molecule has 0 unspecified atom stereocenters. The molecule has 0 saturated carbocycles. The highest BCUT2D eigenvalue weighted by molar-refractivity contribution is 5.79. The lowest BCUT2D eigenvalue weighted by molar-refractivity contribution is 0.117. The van der Waals surface area contributed by atoms with Crippen molar-refractivity contribution in [3.63, 3.8) is 0 Å². The summed E-state index contributed by atoms with van der Waals surface area (Å²) < 4.78 is 5.47. The number of hydrogen-bond acceptors (Lipinski definition) is 2. The Hall–Kier alpha value is -1.35. The predicted octanol–water partition coefficient (Wildman–Crippen LogP) is 3.11. The number of fused-ring (bicyclic) bond motifs is 1. The first-order chi connectivity index (χ1) is 7.70. The summed E-state index contributed by atoms with van der Waals surface area (Å²) in [5, 5.41) is 0. The smallest absolute Gasteiger partial charge is 0.133 e. The van der Waals surface area contributed by atoms with Crippen LogP contribution in [0.15, 0.2) is 12.1 Å².